The van der Waals surface area contributed by atoms with Crippen molar-refractivity contribution >= 4 is 24.2 Å². The fourth-order valence-electron chi connectivity index (χ4n) is 2.67. The quantitative estimate of drug-likeness (QED) is 0.864. The largest absolute Gasteiger partial charge is 0.494 e. The molecule has 1 aromatic heterocycles. The number of halogens is 2. The Morgan fingerprint density at radius 1 is 1.54 bits per heavy atom. The Balaban J connectivity index is 0.00000208. The highest BCUT2D eigenvalue weighted by Gasteiger charge is 2.31. The summed E-state index contributed by atoms with van der Waals surface area (Å²) in [5.41, 5.74) is 6.17. The van der Waals surface area contributed by atoms with Gasteiger partial charge < -0.3 is 25.0 Å². The molecule has 1 aromatic carbocycles. The smallest absolute Gasteiger partial charge is 0.343 e. The number of carboxylic acids is 1. The Kier molecular flexibility index (Phi) is 5.30. The second-order valence-electron chi connectivity index (χ2n) is 5.36. The van der Waals surface area contributed by atoms with Crippen molar-refractivity contribution in [3.8, 4) is 17.1 Å². The van der Waals surface area contributed by atoms with Crippen LogP contribution in [0.4, 0.5) is 10.2 Å². The van der Waals surface area contributed by atoms with E-state index in [-0.39, 0.29) is 41.3 Å². The SMILES string of the molecule is COc1cc(-c2onc(N3CCC(N)C3)c2C(=O)O)ccc1F.Cl. The second kappa shape index (κ2) is 7.06. The summed E-state index contributed by atoms with van der Waals surface area (Å²) >= 11 is 0. The lowest BCUT2D eigenvalue weighted by Gasteiger charge is -2.14. The molecule has 24 heavy (non-hydrogen) atoms. The number of rotatable bonds is 4. The van der Waals surface area contributed by atoms with Gasteiger partial charge in [-0.1, -0.05) is 5.16 Å². The van der Waals surface area contributed by atoms with Gasteiger partial charge in [0.2, 0.25) is 0 Å². The summed E-state index contributed by atoms with van der Waals surface area (Å²) < 4.78 is 23.7. The minimum absolute atomic E-state index is 0. The van der Waals surface area contributed by atoms with E-state index in [0.29, 0.717) is 18.7 Å². The molecule has 1 atom stereocenters. The van der Waals surface area contributed by atoms with E-state index in [1.165, 1.54) is 25.3 Å². The van der Waals surface area contributed by atoms with Crippen molar-refractivity contribution in [1.82, 2.24) is 5.16 Å². The van der Waals surface area contributed by atoms with Crippen LogP contribution in [0.1, 0.15) is 16.8 Å². The topological polar surface area (TPSA) is 102 Å². The zero-order chi connectivity index (χ0) is 16.6. The fraction of sp³-hybridized carbons (Fsp3) is 0.333. The molecule has 0 radical (unpaired) electrons. The standard InChI is InChI=1S/C15H16FN3O4.ClH/c1-22-11-6-8(2-3-10(11)16)13-12(15(20)21)14(18-23-13)19-5-4-9(17)7-19;/h2-3,6,9H,4-5,7,17H2,1H3,(H,20,21);1H. The van der Waals surface area contributed by atoms with E-state index in [4.69, 9.17) is 15.0 Å². The summed E-state index contributed by atoms with van der Waals surface area (Å²) in [6.45, 7) is 1.12. The molecule has 0 amide bonds. The van der Waals surface area contributed by atoms with Crippen LogP contribution in [0.3, 0.4) is 0 Å². The van der Waals surface area contributed by atoms with E-state index < -0.39 is 11.8 Å². The van der Waals surface area contributed by atoms with Crippen molar-refractivity contribution in [2.45, 2.75) is 12.5 Å². The predicted molar refractivity (Wildman–Crippen MR) is 87.5 cm³/mol. The number of hydrogen-bond acceptors (Lipinski definition) is 6. The van der Waals surface area contributed by atoms with Crippen LogP contribution in [0, 0.1) is 5.82 Å². The lowest BCUT2D eigenvalue weighted by molar-refractivity contribution is 0.0698. The summed E-state index contributed by atoms with van der Waals surface area (Å²) in [5.74, 6) is -1.41. The first-order chi connectivity index (χ1) is 11.0. The molecule has 0 bridgehead atoms. The number of nitrogens with zero attached hydrogens (tertiary/aromatic N) is 2. The number of carbonyl (C=O) groups is 1. The Bertz CT molecular complexity index is 752. The zero-order valence-electron chi connectivity index (χ0n) is 12.9. The first-order valence-electron chi connectivity index (χ1n) is 7.08. The van der Waals surface area contributed by atoms with Crippen molar-refractivity contribution in [1.29, 1.82) is 0 Å². The lowest BCUT2D eigenvalue weighted by atomic mass is 10.1. The van der Waals surface area contributed by atoms with Crippen LogP contribution in [0.5, 0.6) is 5.75 Å². The third-order valence-corrected chi connectivity index (χ3v) is 3.83. The van der Waals surface area contributed by atoms with E-state index in [2.05, 4.69) is 5.16 Å². The van der Waals surface area contributed by atoms with Crippen molar-refractivity contribution in [2.75, 3.05) is 25.1 Å². The Morgan fingerprint density at radius 2 is 2.29 bits per heavy atom. The molecule has 3 N–H and O–H groups in total. The van der Waals surface area contributed by atoms with E-state index in [1.807, 2.05) is 0 Å². The molecular weight excluding hydrogens is 341 g/mol. The third-order valence-electron chi connectivity index (χ3n) is 3.83. The fourth-order valence-corrected chi connectivity index (χ4v) is 2.67. The number of aromatic nitrogens is 1. The molecule has 3 rings (SSSR count). The van der Waals surface area contributed by atoms with Gasteiger partial charge in [0, 0.05) is 24.7 Å². The highest BCUT2D eigenvalue weighted by molar-refractivity contribution is 5.99. The molecule has 2 aromatic rings. The molecule has 1 fully saturated rings. The van der Waals surface area contributed by atoms with Crippen molar-refractivity contribution in [2.24, 2.45) is 5.73 Å². The van der Waals surface area contributed by atoms with Crippen LogP contribution < -0.4 is 15.4 Å². The van der Waals surface area contributed by atoms with Gasteiger partial charge in [0.15, 0.2) is 28.7 Å². The average Bonchev–Trinajstić information content (AvgIpc) is 3.13. The van der Waals surface area contributed by atoms with Crippen LogP contribution in [0.2, 0.25) is 0 Å². The van der Waals surface area contributed by atoms with Gasteiger partial charge in [-0.25, -0.2) is 9.18 Å². The van der Waals surface area contributed by atoms with Gasteiger partial charge in [0.05, 0.1) is 7.11 Å². The van der Waals surface area contributed by atoms with Gasteiger partial charge in [0.1, 0.15) is 0 Å². The van der Waals surface area contributed by atoms with Gasteiger partial charge in [-0.3, -0.25) is 0 Å². The first kappa shape index (κ1) is 18.0. The summed E-state index contributed by atoms with van der Waals surface area (Å²) in [6, 6.07) is 3.96. The van der Waals surface area contributed by atoms with Crippen molar-refractivity contribution < 1.29 is 23.6 Å². The highest BCUT2D eigenvalue weighted by Crippen LogP contribution is 2.34. The summed E-state index contributed by atoms with van der Waals surface area (Å²) in [7, 11) is 1.33. The van der Waals surface area contributed by atoms with E-state index in [1.54, 1.807) is 4.90 Å². The van der Waals surface area contributed by atoms with Gasteiger partial charge in [-0.05, 0) is 24.6 Å². The lowest BCUT2D eigenvalue weighted by Crippen LogP contribution is -2.27. The van der Waals surface area contributed by atoms with Crippen LogP contribution in [0.25, 0.3) is 11.3 Å². The van der Waals surface area contributed by atoms with Gasteiger partial charge in [0.25, 0.3) is 0 Å². The normalized spacial score (nSPS) is 16.8. The molecule has 2 heterocycles. The number of hydrogen-bond donors (Lipinski definition) is 2. The van der Waals surface area contributed by atoms with Gasteiger partial charge in [-0.2, -0.15) is 0 Å². The summed E-state index contributed by atoms with van der Waals surface area (Å²) in [4.78, 5) is 13.5. The summed E-state index contributed by atoms with van der Waals surface area (Å²) in [6.07, 6.45) is 0.756. The Morgan fingerprint density at radius 3 is 2.88 bits per heavy atom. The van der Waals surface area contributed by atoms with Gasteiger partial charge in [-0.15, -0.1) is 12.4 Å². The number of nitrogens with two attached hydrogens (primary N) is 1. The molecular formula is C15H17ClFN3O4. The number of anilines is 1. The summed E-state index contributed by atoms with van der Waals surface area (Å²) in [5, 5.41) is 13.4. The van der Waals surface area contributed by atoms with Crippen molar-refractivity contribution in [3.63, 3.8) is 0 Å². The van der Waals surface area contributed by atoms with Crippen molar-refractivity contribution in [3.05, 3.63) is 29.6 Å². The van der Waals surface area contributed by atoms with Gasteiger partial charge >= 0.3 is 5.97 Å². The number of methoxy groups -OCH3 is 1. The maximum absolute atomic E-state index is 13.5. The number of carboxylic acid groups (broad SMARTS) is 1. The molecule has 9 heteroatoms. The number of aromatic carboxylic acids is 1. The highest BCUT2D eigenvalue weighted by atomic mass is 35.5. The number of ether oxygens (including phenoxy) is 1. The molecule has 0 aliphatic carbocycles. The maximum Gasteiger partial charge on any atom is 0.343 e. The molecule has 1 unspecified atom stereocenters. The molecule has 7 nitrogen and oxygen atoms in total. The van der Waals surface area contributed by atoms with E-state index >= 15 is 0 Å². The molecule has 0 saturated carbocycles. The first-order valence-corrected chi connectivity index (χ1v) is 7.08. The van der Waals surface area contributed by atoms with Crippen LogP contribution >= 0.6 is 12.4 Å². The minimum atomic E-state index is -1.17. The number of benzene rings is 1. The second-order valence-corrected chi connectivity index (χ2v) is 5.36. The van der Waals surface area contributed by atoms with E-state index in [9.17, 15) is 14.3 Å². The minimum Gasteiger partial charge on any atom is -0.494 e. The molecule has 1 aliphatic heterocycles. The zero-order valence-corrected chi connectivity index (χ0v) is 13.7. The Labute approximate surface area is 143 Å². The average molecular weight is 358 g/mol. The van der Waals surface area contributed by atoms with E-state index in [0.717, 1.165) is 6.42 Å². The Hall–Kier alpha value is -2.32. The molecule has 130 valence electrons. The third kappa shape index (κ3) is 3.15. The van der Waals surface area contributed by atoms with Crippen LogP contribution in [0.15, 0.2) is 22.7 Å². The molecule has 1 aliphatic rings. The monoisotopic (exact) mass is 357 g/mol. The van der Waals surface area contributed by atoms with Crippen LogP contribution in [-0.2, 0) is 0 Å². The molecule has 1 saturated heterocycles. The molecule has 0 spiro atoms. The predicted octanol–water partition coefficient (Wildman–Crippen LogP) is 2.15. The maximum atomic E-state index is 13.5. The van der Waals surface area contributed by atoms with Crippen LogP contribution in [-0.4, -0.2) is 42.5 Å².